The molecule has 2 aromatic rings. The van der Waals surface area contributed by atoms with Gasteiger partial charge in [-0.1, -0.05) is 19.4 Å². The number of unbranched alkanes of at least 4 members (excludes halogenated alkanes) is 1. The van der Waals surface area contributed by atoms with E-state index in [1.807, 2.05) is 6.08 Å². The van der Waals surface area contributed by atoms with Crippen LogP contribution < -0.4 is 10.4 Å². The van der Waals surface area contributed by atoms with E-state index < -0.39 is 5.63 Å². The van der Waals surface area contributed by atoms with Gasteiger partial charge in [-0.2, -0.15) is 0 Å². The van der Waals surface area contributed by atoms with E-state index in [4.69, 9.17) is 9.15 Å². The molecular weight excluding hydrogens is 244 g/mol. The first-order chi connectivity index (χ1) is 9.17. The Bertz CT molecular complexity index is 668. The number of phenols is 1. The van der Waals surface area contributed by atoms with Crippen LogP contribution in [0.2, 0.25) is 0 Å². The molecule has 0 aliphatic heterocycles. The molecule has 0 radical (unpaired) electrons. The molecule has 0 bridgehead atoms. The van der Waals surface area contributed by atoms with Gasteiger partial charge in [-0.25, -0.2) is 4.79 Å². The van der Waals surface area contributed by atoms with Gasteiger partial charge in [0.15, 0.2) is 0 Å². The monoisotopic (exact) mass is 260 g/mol. The highest BCUT2D eigenvalue weighted by atomic mass is 16.5. The zero-order chi connectivity index (χ0) is 13.8. The van der Waals surface area contributed by atoms with Crippen LogP contribution in [0.3, 0.4) is 0 Å². The number of allylic oxidation sites excluding steroid dienone is 1. The molecular formula is C15H16O4. The first-order valence-corrected chi connectivity index (χ1v) is 6.17. The molecule has 0 aliphatic carbocycles. The van der Waals surface area contributed by atoms with Gasteiger partial charge in [0.05, 0.1) is 7.11 Å². The van der Waals surface area contributed by atoms with Gasteiger partial charge < -0.3 is 14.3 Å². The third kappa shape index (κ3) is 2.62. The molecule has 0 fully saturated rings. The maximum absolute atomic E-state index is 12.0. The Labute approximate surface area is 110 Å². The Morgan fingerprint density at radius 3 is 2.89 bits per heavy atom. The first kappa shape index (κ1) is 13.2. The number of methoxy groups -OCH3 is 1. The Kier molecular flexibility index (Phi) is 3.90. The van der Waals surface area contributed by atoms with Crippen molar-refractivity contribution in [3.63, 3.8) is 0 Å². The van der Waals surface area contributed by atoms with Gasteiger partial charge in [0, 0.05) is 5.39 Å². The van der Waals surface area contributed by atoms with E-state index in [-0.39, 0.29) is 11.1 Å². The summed E-state index contributed by atoms with van der Waals surface area (Å²) in [5, 5.41) is 10.5. The minimum Gasteiger partial charge on any atom is -0.507 e. The van der Waals surface area contributed by atoms with E-state index in [9.17, 15) is 9.90 Å². The Morgan fingerprint density at radius 2 is 2.21 bits per heavy atom. The number of phenolic OH excluding ortho intramolecular Hbond substituents is 1. The van der Waals surface area contributed by atoms with E-state index in [0.29, 0.717) is 16.9 Å². The van der Waals surface area contributed by atoms with Gasteiger partial charge in [0.1, 0.15) is 22.6 Å². The predicted molar refractivity (Wildman–Crippen MR) is 74.6 cm³/mol. The van der Waals surface area contributed by atoms with Crippen LogP contribution in [-0.2, 0) is 0 Å². The van der Waals surface area contributed by atoms with Crippen molar-refractivity contribution in [2.24, 2.45) is 0 Å². The summed E-state index contributed by atoms with van der Waals surface area (Å²) in [4.78, 5) is 12.0. The summed E-state index contributed by atoms with van der Waals surface area (Å²) >= 11 is 0. The van der Waals surface area contributed by atoms with Crippen molar-refractivity contribution in [3.8, 4) is 11.5 Å². The van der Waals surface area contributed by atoms with Crippen LogP contribution in [0.1, 0.15) is 25.5 Å². The highest BCUT2D eigenvalue weighted by Gasteiger charge is 2.12. The number of ether oxygens (including phenoxy) is 1. The maximum atomic E-state index is 12.0. The topological polar surface area (TPSA) is 59.7 Å². The highest BCUT2D eigenvalue weighted by Crippen LogP contribution is 2.30. The number of aromatic hydroxyl groups is 1. The van der Waals surface area contributed by atoms with Gasteiger partial charge in [0.2, 0.25) is 0 Å². The molecule has 0 unspecified atom stereocenters. The summed E-state index contributed by atoms with van der Waals surface area (Å²) in [6, 6.07) is 4.68. The van der Waals surface area contributed by atoms with Crippen LogP contribution in [0.25, 0.3) is 16.8 Å². The summed E-state index contributed by atoms with van der Waals surface area (Å²) in [6.45, 7) is 2.07. The van der Waals surface area contributed by atoms with Crippen LogP contribution >= 0.6 is 0 Å². The summed E-state index contributed by atoms with van der Waals surface area (Å²) in [5.41, 5.74) is -0.513. The van der Waals surface area contributed by atoms with E-state index in [1.54, 1.807) is 18.2 Å². The highest BCUT2D eigenvalue weighted by molar-refractivity contribution is 5.92. The molecule has 0 atom stereocenters. The van der Waals surface area contributed by atoms with Gasteiger partial charge in [-0.15, -0.1) is 0 Å². The zero-order valence-corrected chi connectivity index (χ0v) is 11.0. The minimum atomic E-state index is -0.513. The fourth-order valence-corrected chi connectivity index (χ4v) is 1.89. The molecule has 2 rings (SSSR count). The summed E-state index contributed by atoms with van der Waals surface area (Å²) < 4.78 is 10.3. The zero-order valence-electron chi connectivity index (χ0n) is 11.0. The predicted octanol–water partition coefficient (Wildman–Crippen LogP) is 3.32. The fraction of sp³-hybridized carbons (Fsp3) is 0.267. The lowest BCUT2D eigenvalue weighted by atomic mass is 10.1. The standard InChI is InChI=1S/C15H16O4/c1-3-4-5-6-10-9-11-12(16)7-8-13(18-2)14(11)15(17)19-10/h5-9,16H,3-4H2,1-2H3/b6-5+. The molecule has 0 amide bonds. The van der Waals surface area contributed by atoms with E-state index in [2.05, 4.69) is 6.92 Å². The largest absolute Gasteiger partial charge is 0.507 e. The van der Waals surface area contributed by atoms with Crippen LogP contribution in [0, 0.1) is 0 Å². The van der Waals surface area contributed by atoms with Crippen molar-refractivity contribution < 1.29 is 14.3 Å². The van der Waals surface area contributed by atoms with Crippen molar-refractivity contribution >= 4 is 16.8 Å². The third-order valence-electron chi connectivity index (χ3n) is 2.84. The molecule has 1 heterocycles. The van der Waals surface area contributed by atoms with Crippen molar-refractivity contribution in [2.45, 2.75) is 19.8 Å². The van der Waals surface area contributed by atoms with E-state index in [0.717, 1.165) is 12.8 Å². The smallest absolute Gasteiger partial charge is 0.348 e. The SMILES string of the molecule is CCC/C=C/c1cc2c(O)ccc(OC)c2c(=O)o1. The summed E-state index contributed by atoms with van der Waals surface area (Å²) in [6.07, 6.45) is 5.60. The Balaban J connectivity index is 2.63. The van der Waals surface area contributed by atoms with Gasteiger partial charge in [0.25, 0.3) is 0 Å². The van der Waals surface area contributed by atoms with Gasteiger partial charge >= 0.3 is 5.63 Å². The van der Waals surface area contributed by atoms with Gasteiger partial charge in [-0.3, -0.25) is 0 Å². The van der Waals surface area contributed by atoms with Crippen molar-refractivity contribution in [2.75, 3.05) is 7.11 Å². The van der Waals surface area contributed by atoms with Crippen LogP contribution in [0.5, 0.6) is 11.5 Å². The lowest BCUT2D eigenvalue weighted by molar-refractivity contribution is 0.414. The van der Waals surface area contributed by atoms with Crippen LogP contribution in [0.4, 0.5) is 0 Å². The number of fused-ring (bicyclic) bond motifs is 1. The Hall–Kier alpha value is -2.23. The molecule has 4 nitrogen and oxygen atoms in total. The first-order valence-electron chi connectivity index (χ1n) is 6.17. The number of benzene rings is 1. The molecule has 1 aromatic heterocycles. The average Bonchev–Trinajstić information content (AvgIpc) is 2.40. The second-order valence-corrected chi connectivity index (χ2v) is 4.20. The molecule has 0 aliphatic rings. The van der Waals surface area contributed by atoms with Crippen molar-refractivity contribution in [1.29, 1.82) is 0 Å². The average molecular weight is 260 g/mol. The van der Waals surface area contributed by atoms with Crippen LogP contribution in [0.15, 0.2) is 33.5 Å². The lowest BCUT2D eigenvalue weighted by Crippen LogP contribution is -2.02. The number of rotatable bonds is 4. The summed E-state index contributed by atoms with van der Waals surface area (Å²) in [7, 11) is 1.47. The second kappa shape index (κ2) is 5.61. The van der Waals surface area contributed by atoms with Crippen molar-refractivity contribution in [1.82, 2.24) is 0 Å². The molecule has 0 saturated carbocycles. The van der Waals surface area contributed by atoms with Gasteiger partial charge in [-0.05, 0) is 30.7 Å². The number of hydrogen-bond donors (Lipinski definition) is 1. The van der Waals surface area contributed by atoms with Crippen molar-refractivity contribution in [3.05, 3.63) is 40.5 Å². The van der Waals surface area contributed by atoms with E-state index >= 15 is 0 Å². The molecule has 100 valence electrons. The minimum absolute atomic E-state index is 0.0360. The van der Waals surface area contributed by atoms with Crippen LogP contribution in [-0.4, -0.2) is 12.2 Å². The summed E-state index contributed by atoms with van der Waals surface area (Å²) in [5.74, 6) is 0.856. The second-order valence-electron chi connectivity index (χ2n) is 4.20. The quantitative estimate of drug-likeness (QED) is 0.916. The molecule has 0 saturated heterocycles. The molecule has 19 heavy (non-hydrogen) atoms. The lowest BCUT2D eigenvalue weighted by Gasteiger charge is -2.06. The normalized spacial score (nSPS) is 11.3. The fourth-order valence-electron chi connectivity index (χ4n) is 1.89. The number of hydrogen-bond acceptors (Lipinski definition) is 4. The molecule has 1 N–H and O–H groups in total. The van der Waals surface area contributed by atoms with E-state index in [1.165, 1.54) is 13.2 Å². The molecule has 1 aromatic carbocycles. The molecule has 4 heteroatoms. The Morgan fingerprint density at radius 1 is 1.42 bits per heavy atom. The maximum Gasteiger partial charge on any atom is 0.348 e. The third-order valence-corrected chi connectivity index (χ3v) is 2.84. The molecule has 0 spiro atoms.